The third-order valence-electron chi connectivity index (χ3n) is 6.72. The molecule has 0 saturated carbocycles. The number of carbonyl (C=O) groups is 3. The minimum atomic E-state index is -0.404. The number of benzene rings is 2. The Morgan fingerprint density at radius 3 is 2.44 bits per heavy atom. The molecule has 10 heteroatoms. The molecule has 3 amide bonds. The first-order chi connectivity index (χ1) is 18.9. The SMILES string of the molecule is CCCCCCCCN1C(=O)C(=C2C(=O)N(CC(=O)Nc3ccc(OC)cc3OC)c3ccccc32)SC1=S. The zero-order valence-electron chi connectivity index (χ0n) is 22.5. The molecule has 0 aliphatic carbocycles. The van der Waals surface area contributed by atoms with Gasteiger partial charge in [0.15, 0.2) is 0 Å². The molecular formula is C29H33N3O5S2. The summed E-state index contributed by atoms with van der Waals surface area (Å²) in [6.45, 7) is 2.49. The van der Waals surface area contributed by atoms with E-state index in [0.29, 0.717) is 49.8 Å². The number of rotatable bonds is 12. The Balaban J connectivity index is 1.51. The summed E-state index contributed by atoms with van der Waals surface area (Å²) >= 11 is 6.69. The third-order valence-corrected chi connectivity index (χ3v) is 8.17. The van der Waals surface area contributed by atoms with E-state index in [1.807, 2.05) is 6.07 Å². The van der Waals surface area contributed by atoms with E-state index in [0.717, 1.165) is 31.0 Å². The molecule has 0 aromatic heterocycles. The number of methoxy groups -OCH3 is 2. The van der Waals surface area contributed by atoms with E-state index in [-0.39, 0.29) is 12.5 Å². The van der Waals surface area contributed by atoms with Crippen molar-refractivity contribution in [2.45, 2.75) is 45.4 Å². The highest BCUT2D eigenvalue weighted by molar-refractivity contribution is 8.26. The van der Waals surface area contributed by atoms with Gasteiger partial charge in [0, 0.05) is 18.2 Å². The smallest absolute Gasteiger partial charge is 0.267 e. The van der Waals surface area contributed by atoms with E-state index in [1.54, 1.807) is 48.4 Å². The van der Waals surface area contributed by atoms with Crippen molar-refractivity contribution in [3.05, 3.63) is 52.9 Å². The molecule has 8 nitrogen and oxygen atoms in total. The molecule has 1 fully saturated rings. The number of thioether (sulfide) groups is 1. The maximum absolute atomic E-state index is 13.7. The number of carbonyl (C=O) groups excluding carboxylic acids is 3. The fraction of sp³-hybridized carbons (Fsp3) is 0.379. The van der Waals surface area contributed by atoms with Crippen molar-refractivity contribution < 1.29 is 23.9 Å². The van der Waals surface area contributed by atoms with Crippen molar-refractivity contribution in [2.24, 2.45) is 0 Å². The fourth-order valence-electron chi connectivity index (χ4n) is 4.68. The monoisotopic (exact) mass is 567 g/mol. The number of amides is 3. The Labute approximate surface area is 238 Å². The van der Waals surface area contributed by atoms with Crippen LogP contribution in [0.15, 0.2) is 47.4 Å². The van der Waals surface area contributed by atoms with Gasteiger partial charge in [0.05, 0.1) is 36.1 Å². The highest BCUT2D eigenvalue weighted by atomic mass is 32.2. The molecule has 0 atom stereocenters. The van der Waals surface area contributed by atoms with Gasteiger partial charge in [-0.05, 0) is 24.6 Å². The van der Waals surface area contributed by atoms with Crippen LogP contribution in [0.3, 0.4) is 0 Å². The van der Waals surface area contributed by atoms with Crippen LogP contribution >= 0.6 is 24.0 Å². The fourth-order valence-corrected chi connectivity index (χ4v) is 6.06. The summed E-state index contributed by atoms with van der Waals surface area (Å²) in [5, 5.41) is 2.81. The van der Waals surface area contributed by atoms with Gasteiger partial charge >= 0.3 is 0 Å². The highest BCUT2D eigenvalue weighted by Crippen LogP contribution is 2.44. The van der Waals surface area contributed by atoms with Crippen LogP contribution in [-0.2, 0) is 14.4 Å². The lowest BCUT2D eigenvalue weighted by Crippen LogP contribution is -2.35. The molecule has 2 heterocycles. The van der Waals surface area contributed by atoms with Crippen molar-refractivity contribution in [3.8, 4) is 11.5 Å². The van der Waals surface area contributed by atoms with E-state index in [2.05, 4.69) is 12.2 Å². The van der Waals surface area contributed by atoms with Gasteiger partial charge in [-0.3, -0.25) is 24.2 Å². The van der Waals surface area contributed by atoms with Gasteiger partial charge in [0.1, 0.15) is 22.4 Å². The molecule has 0 unspecified atom stereocenters. The van der Waals surface area contributed by atoms with E-state index < -0.39 is 11.8 Å². The standard InChI is InChI=1S/C29H33N3O5S2/c1-4-5-6-7-8-11-16-31-28(35)26(39-29(31)38)25-20-12-9-10-13-22(20)32(27(25)34)18-24(33)30-21-15-14-19(36-2)17-23(21)37-3/h9-10,12-15,17H,4-8,11,16,18H2,1-3H3,(H,30,33). The lowest BCUT2D eigenvalue weighted by atomic mass is 10.1. The second-order valence-electron chi connectivity index (χ2n) is 9.32. The van der Waals surface area contributed by atoms with Crippen LogP contribution in [0.4, 0.5) is 11.4 Å². The molecule has 0 radical (unpaired) electrons. The van der Waals surface area contributed by atoms with Crippen LogP contribution in [0.25, 0.3) is 5.57 Å². The zero-order chi connectivity index (χ0) is 27.9. The van der Waals surface area contributed by atoms with Crippen LogP contribution in [0.1, 0.15) is 51.0 Å². The lowest BCUT2D eigenvalue weighted by molar-refractivity contribution is -0.122. The van der Waals surface area contributed by atoms with Crippen LogP contribution in [-0.4, -0.2) is 54.3 Å². The maximum atomic E-state index is 13.7. The molecule has 4 rings (SSSR count). The van der Waals surface area contributed by atoms with Gasteiger partial charge in [0.25, 0.3) is 11.8 Å². The number of ether oxygens (including phenoxy) is 2. The average Bonchev–Trinajstić information content (AvgIpc) is 3.37. The molecule has 2 aromatic carbocycles. The quantitative estimate of drug-likeness (QED) is 0.202. The number of unbranched alkanes of at least 4 members (excludes halogenated alkanes) is 5. The summed E-state index contributed by atoms with van der Waals surface area (Å²) in [5.41, 5.74) is 1.95. The second kappa shape index (κ2) is 13.1. The second-order valence-corrected chi connectivity index (χ2v) is 11.0. The molecule has 0 bridgehead atoms. The summed E-state index contributed by atoms with van der Waals surface area (Å²) in [5.74, 6) is -0.0184. The zero-order valence-corrected chi connectivity index (χ0v) is 24.1. The third kappa shape index (κ3) is 6.28. The Morgan fingerprint density at radius 2 is 1.69 bits per heavy atom. The number of hydrogen-bond donors (Lipinski definition) is 1. The number of anilines is 2. The highest BCUT2D eigenvalue weighted by Gasteiger charge is 2.42. The maximum Gasteiger partial charge on any atom is 0.267 e. The number of thiocarbonyl (C=S) groups is 1. The van der Waals surface area contributed by atoms with Crippen LogP contribution in [0.2, 0.25) is 0 Å². The van der Waals surface area contributed by atoms with Crippen molar-refractivity contribution in [1.82, 2.24) is 4.90 Å². The predicted molar refractivity (Wildman–Crippen MR) is 159 cm³/mol. The van der Waals surface area contributed by atoms with Gasteiger partial charge in [-0.25, -0.2) is 0 Å². The van der Waals surface area contributed by atoms with Crippen molar-refractivity contribution >= 4 is 63.0 Å². The normalized spacial score (nSPS) is 16.6. The molecular weight excluding hydrogens is 534 g/mol. The van der Waals surface area contributed by atoms with Crippen molar-refractivity contribution in [2.75, 3.05) is 37.5 Å². The van der Waals surface area contributed by atoms with E-state index in [9.17, 15) is 14.4 Å². The summed E-state index contributed by atoms with van der Waals surface area (Å²) < 4.78 is 11.0. The summed E-state index contributed by atoms with van der Waals surface area (Å²) in [6, 6.07) is 12.2. The van der Waals surface area contributed by atoms with Gasteiger partial charge in [-0.15, -0.1) is 0 Å². The van der Waals surface area contributed by atoms with Gasteiger partial charge < -0.3 is 14.8 Å². The molecule has 1 N–H and O–H groups in total. The summed E-state index contributed by atoms with van der Waals surface area (Å²) in [7, 11) is 3.04. The molecule has 2 aromatic rings. The first-order valence-electron chi connectivity index (χ1n) is 13.1. The minimum Gasteiger partial charge on any atom is -0.497 e. The molecule has 0 spiro atoms. The number of nitrogens with one attached hydrogen (secondary N) is 1. The summed E-state index contributed by atoms with van der Waals surface area (Å²) in [6.07, 6.45) is 6.63. The topological polar surface area (TPSA) is 88.2 Å². The van der Waals surface area contributed by atoms with Crippen LogP contribution in [0.5, 0.6) is 11.5 Å². The Morgan fingerprint density at radius 1 is 0.949 bits per heavy atom. The first kappa shape index (κ1) is 28.6. The first-order valence-corrected chi connectivity index (χ1v) is 14.3. The minimum absolute atomic E-state index is 0.230. The number of para-hydroxylation sites is 1. The van der Waals surface area contributed by atoms with Crippen molar-refractivity contribution in [3.63, 3.8) is 0 Å². The largest absolute Gasteiger partial charge is 0.497 e. The Hall–Kier alpha value is -3.37. The van der Waals surface area contributed by atoms with Gasteiger partial charge in [-0.2, -0.15) is 0 Å². The van der Waals surface area contributed by atoms with Crippen LogP contribution in [0, 0.1) is 0 Å². The number of fused-ring (bicyclic) bond motifs is 1. The van der Waals surface area contributed by atoms with E-state index in [4.69, 9.17) is 21.7 Å². The van der Waals surface area contributed by atoms with Gasteiger partial charge in [0.2, 0.25) is 5.91 Å². The molecule has 206 valence electrons. The van der Waals surface area contributed by atoms with Gasteiger partial charge in [-0.1, -0.05) is 81.2 Å². The predicted octanol–water partition coefficient (Wildman–Crippen LogP) is 5.62. The van der Waals surface area contributed by atoms with E-state index >= 15 is 0 Å². The number of nitrogens with zero attached hydrogens (tertiary/aromatic N) is 2. The molecule has 2 aliphatic heterocycles. The number of hydrogen-bond acceptors (Lipinski definition) is 7. The average molecular weight is 568 g/mol. The lowest BCUT2D eigenvalue weighted by Gasteiger charge is -2.18. The summed E-state index contributed by atoms with van der Waals surface area (Å²) in [4.78, 5) is 43.5. The van der Waals surface area contributed by atoms with E-state index in [1.165, 1.54) is 31.3 Å². The Kier molecular flexibility index (Phi) is 9.63. The van der Waals surface area contributed by atoms with Crippen molar-refractivity contribution in [1.29, 1.82) is 0 Å². The molecule has 39 heavy (non-hydrogen) atoms. The Bertz CT molecular complexity index is 1310. The molecule has 2 aliphatic rings. The molecule has 1 saturated heterocycles. The van der Waals surface area contributed by atoms with Crippen LogP contribution < -0.4 is 19.7 Å².